The Labute approximate surface area is 106 Å². The van der Waals surface area contributed by atoms with Gasteiger partial charge >= 0.3 is 0 Å². The number of H-pyrrole nitrogens is 1. The Morgan fingerprint density at radius 1 is 1.33 bits per heavy atom. The SMILES string of the molecule is CNc1ccccc1S(=O)(=O)NCc1ncc[nH]1. The van der Waals surface area contributed by atoms with Gasteiger partial charge in [-0.15, -0.1) is 0 Å². The lowest BCUT2D eigenvalue weighted by Gasteiger charge is -2.10. The molecule has 18 heavy (non-hydrogen) atoms. The van der Waals surface area contributed by atoms with Crippen molar-refractivity contribution < 1.29 is 8.42 Å². The predicted octanol–water partition coefficient (Wildman–Crippen LogP) is 0.930. The monoisotopic (exact) mass is 266 g/mol. The average molecular weight is 266 g/mol. The van der Waals surface area contributed by atoms with E-state index >= 15 is 0 Å². The standard InChI is InChI=1S/C11H14N4O2S/c1-12-9-4-2-3-5-10(9)18(16,17)15-8-11-13-6-7-14-11/h2-7,12,15H,8H2,1H3,(H,13,14). The zero-order chi connectivity index (χ0) is 13.0. The third kappa shape index (κ3) is 2.69. The van der Waals surface area contributed by atoms with Crippen molar-refractivity contribution in [3.63, 3.8) is 0 Å². The summed E-state index contributed by atoms with van der Waals surface area (Å²) in [4.78, 5) is 7.01. The number of hydrogen-bond donors (Lipinski definition) is 3. The van der Waals surface area contributed by atoms with Gasteiger partial charge in [0.1, 0.15) is 10.7 Å². The van der Waals surface area contributed by atoms with Crippen molar-refractivity contribution in [2.75, 3.05) is 12.4 Å². The van der Waals surface area contributed by atoms with Gasteiger partial charge in [-0.3, -0.25) is 0 Å². The second kappa shape index (κ2) is 5.19. The van der Waals surface area contributed by atoms with E-state index < -0.39 is 10.0 Å². The topological polar surface area (TPSA) is 86.9 Å². The zero-order valence-corrected chi connectivity index (χ0v) is 10.7. The number of nitrogens with one attached hydrogen (secondary N) is 3. The normalized spacial score (nSPS) is 11.4. The van der Waals surface area contributed by atoms with Crippen LogP contribution in [0.1, 0.15) is 5.82 Å². The lowest BCUT2D eigenvalue weighted by Crippen LogP contribution is -2.24. The van der Waals surface area contributed by atoms with Crippen LogP contribution in [0.3, 0.4) is 0 Å². The lowest BCUT2D eigenvalue weighted by molar-refractivity contribution is 0.580. The molecule has 0 atom stereocenters. The smallest absolute Gasteiger partial charge is 0.243 e. The fourth-order valence-electron chi connectivity index (χ4n) is 1.54. The molecule has 0 fully saturated rings. The number of nitrogens with zero attached hydrogens (tertiary/aromatic N) is 1. The maximum absolute atomic E-state index is 12.1. The molecule has 0 aliphatic carbocycles. The molecule has 1 aromatic carbocycles. The van der Waals surface area contributed by atoms with Gasteiger partial charge in [-0.1, -0.05) is 12.1 Å². The van der Waals surface area contributed by atoms with Crippen LogP contribution in [0.15, 0.2) is 41.6 Å². The van der Waals surface area contributed by atoms with Crippen molar-refractivity contribution >= 4 is 15.7 Å². The predicted molar refractivity (Wildman–Crippen MR) is 68.6 cm³/mol. The molecule has 0 spiro atoms. The number of sulfonamides is 1. The maximum atomic E-state index is 12.1. The van der Waals surface area contributed by atoms with Gasteiger partial charge < -0.3 is 10.3 Å². The van der Waals surface area contributed by atoms with Crippen LogP contribution in [-0.2, 0) is 16.6 Å². The summed E-state index contributed by atoms with van der Waals surface area (Å²) in [5, 5.41) is 2.85. The largest absolute Gasteiger partial charge is 0.387 e. The Balaban J connectivity index is 2.20. The van der Waals surface area contributed by atoms with Crippen molar-refractivity contribution in [2.45, 2.75) is 11.4 Å². The number of para-hydroxylation sites is 1. The summed E-state index contributed by atoms with van der Waals surface area (Å²) in [5.74, 6) is 0.570. The van der Waals surface area contributed by atoms with Gasteiger partial charge in [0.05, 0.1) is 12.2 Å². The summed E-state index contributed by atoms with van der Waals surface area (Å²) in [6.07, 6.45) is 3.22. The molecule has 1 heterocycles. The van der Waals surface area contributed by atoms with E-state index in [1.807, 2.05) is 0 Å². The molecule has 0 aliphatic rings. The number of aromatic nitrogens is 2. The Kier molecular flexibility index (Phi) is 3.63. The minimum absolute atomic E-state index is 0.132. The van der Waals surface area contributed by atoms with Crippen LogP contribution < -0.4 is 10.0 Å². The van der Waals surface area contributed by atoms with Crippen molar-refractivity contribution in [1.82, 2.24) is 14.7 Å². The molecule has 0 unspecified atom stereocenters. The van der Waals surface area contributed by atoms with E-state index in [-0.39, 0.29) is 11.4 Å². The van der Waals surface area contributed by atoms with E-state index in [9.17, 15) is 8.42 Å². The van der Waals surface area contributed by atoms with E-state index in [4.69, 9.17) is 0 Å². The van der Waals surface area contributed by atoms with Crippen molar-refractivity contribution in [1.29, 1.82) is 0 Å². The lowest BCUT2D eigenvalue weighted by atomic mass is 10.3. The van der Waals surface area contributed by atoms with E-state index in [0.717, 1.165) is 0 Å². The van der Waals surface area contributed by atoms with Crippen LogP contribution in [-0.4, -0.2) is 25.4 Å². The molecule has 7 heteroatoms. The highest BCUT2D eigenvalue weighted by Crippen LogP contribution is 2.19. The van der Waals surface area contributed by atoms with Crippen molar-refractivity contribution in [3.05, 3.63) is 42.5 Å². The summed E-state index contributed by atoms with van der Waals surface area (Å²) in [6, 6.07) is 6.72. The number of imidazole rings is 1. The molecule has 2 aromatic rings. The zero-order valence-electron chi connectivity index (χ0n) is 9.84. The summed E-state index contributed by atoms with van der Waals surface area (Å²) >= 11 is 0. The van der Waals surface area contributed by atoms with E-state index in [0.29, 0.717) is 11.5 Å². The molecule has 1 aromatic heterocycles. The molecule has 6 nitrogen and oxygen atoms in total. The minimum Gasteiger partial charge on any atom is -0.387 e. The molecular formula is C11H14N4O2S. The Morgan fingerprint density at radius 3 is 2.78 bits per heavy atom. The van der Waals surface area contributed by atoms with Gasteiger partial charge in [0, 0.05) is 19.4 Å². The molecule has 0 saturated heterocycles. The maximum Gasteiger partial charge on any atom is 0.243 e. The van der Waals surface area contributed by atoms with E-state index in [1.54, 1.807) is 43.7 Å². The number of rotatable bonds is 5. The quantitative estimate of drug-likeness (QED) is 0.751. The number of hydrogen-bond acceptors (Lipinski definition) is 4. The van der Waals surface area contributed by atoms with E-state index in [1.165, 1.54) is 0 Å². The molecule has 0 amide bonds. The van der Waals surface area contributed by atoms with Crippen LogP contribution in [0, 0.1) is 0 Å². The highest BCUT2D eigenvalue weighted by molar-refractivity contribution is 7.89. The molecule has 0 bridgehead atoms. The van der Waals surface area contributed by atoms with E-state index in [2.05, 4.69) is 20.0 Å². The van der Waals surface area contributed by atoms with Gasteiger partial charge in [-0.2, -0.15) is 0 Å². The first kappa shape index (κ1) is 12.6. The summed E-state index contributed by atoms with van der Waals surface area (Å²) < 4.78 is 26.7. The van der Waals surface area contributed by atoms with Crippen LogP contribution in [0.4, 0.5) is 5.69 Å². The third-order valence-electron chi connectivity index (χ3n) is 2.43. The third-order valence-corrected chi connectivity index (χ3v) is 3.89. The van der Waals surface area contributed by atoms with Gasteiger partial charge in [-0.25, -0.2) is 18.1 Å². The Bertz CT molecular complexity index is 608. The molecule has 0 aliphatic heterocycles. The van der Waals surface area contributed by atoms with Gasteiger partial charge in [0.15, 0.2) is 0 Å². The molecule has 96 valence electrons. The summed E-state index contributed by atoms with van der Waals surface area (Å²) in [5.41, 5.74) is 0.560. The van der Waals surface area contributed by atoms with Gasteiger partial charge in [0.25, 0.3) is 0 Å². The molecule has 3 N–H and O–H groups in total. The number of aromatic amines is 1. The van der Waals surface area contributed by atoms with Crippen molar-refractivity contribution in [3.8, 4) is 0 Å². The summed E-state index contributed by atoms with van der Waals surface area (Å²) in [6.45, 7) is 0.132. The van der Waals surface area contributed by atoms with Gasteiger partial charge in [-0.05, 0) is 12.1 Å². The Hall–Kier alpha value is -1.86. The first-order valence-electron chi connectivity index (χ1n) is 5.38. The van der Waals surface area contributed by atoms with Crippen LogP contribution in [0.2, 0.25) is 0 Å². The molecule has 2 rings (SSSR count). The van der Waals surface area contributed by atoms with Crippen LogP contribution >= 0.6 is 0 Å². The highest BCUT2D eigenvalue weighted by Gasteiger charge is 2.17. The molecule has 0 saturated carbocycles. The first-order valence-corrected chi connectivity index (χ1v) is 6.86. The summed E-state index contributed by atoms with van der Waals surface area (Å²) in [7, 11) is -1.87. The molecular weight excluding hydrogens is 252 g/mol. The number of benzene rings is 1. The fourth-order valence-corrected chi connectivity index (χ4v) is 2.74. The fraction of sp³-hybridized carbons (Fsp3) is 0.182. The van der Waals surface area contributed by atoms with Crippen molar-refractivity contribution in [2.24, 2.45) is 0 Å². The minimum atomic E-state index is -3.55. The van der Waals surface area contributed by atoms with Gasteiger partial charge in [0.2, 0.25) is 10.0 Å². The average Bonchev–Trinajstić information content (AvgIpc) is 2.89. The van der Waals surface area contributed by atoms with Crippen LogP contribution in [0.25, 0.3) is 0 Å². The first-order chi connectivity index (χ1) is 8.63. The molecule has 0 radical (unpaired) electrons. The Morgan fingerprint density at radius 2 is 2.11 bits per heavy atom. The van der Waals surface area contributed by atoms with Crippen LogP contribution in [0.5, 0.6) is 0 Å². The highest BCUT2D eigenvalue weighted by atomic mass is 32.2. The number of anilines is 1. The second-order valence-corrected chi connectivity index (χ2v) is 5.34. The second-order valence-electron chi connectivity index (χ2n) is 3.61.